The summed E-state index contributed by atoms with van der Waals surface area (Å²) >= 11 is 0. The smallest absolute Gasteiger partial charge is 0.336 e. The van der Waals surface area contributed by atoms with Crippen LogP contribution in [-0.2, 0) is 19.8 Å². The lowest BCUT2D eigenvalue weighted by Gasteiger charge is -2.17. The molecule has 0 saturated carbocycles. The van der Waals surface area contributed by atoms with Crippen LogP contribution in [0.25, 0.3) is 11.0 Å². The molecule has 0 spiro atoms. The molecule has 2 rings (SSSR count). The van der Waals surface area contributed by atoms with Crippen LogP contribution in [0.2, 0.25) is 0 Å². The third-order valence-corrected chi connectivity index (χ3v) is 5.19. The number of benzene rings is 1. The number of rotatable bonds is 6. The summed E-state index contributed by atoms with van der Waals surface area (Å²) in [5.74, 6) is 0.0743. The molecule has 0 radical (unpaired) electrons. The van der Waals surface area contributed by atoms with Crippen molar-refractivity contribution >= 4 is 18.6 Å². The molecule has 1 aromatic heterocycles. The Morgan fingerprint density at radius 1 is 1.18 bits per heavy atom. The van der Waals surface area contributed by atoms with Crippen molar-refractivity contribution < 1.29 is 23.1 Å². The van der Waals surface area contributed by atoms with Gasteiger partial charge in [-0.05, 0) is 44.0 Å². The largest absolute Gasteiger partial charge is 0.508 e. The first-order valence-corrected chi connectivity index (χ1v) is 8.75. The molecule has 0 aliphatic carbocycles. The first-order valence-electron chi connectivity index (χ1n) is 7.03. The van der Waals surface area contributed by atoms with E-state index in [4.69, 9.17) is 13.5 Å². The highest BCUT2D eigenvalue weighted by molar-refractivity contribution is 7.53. The topological polar surface area (TPSA) is 86.0 Å². The van der Waals surface area contributed by atoms with Gasteiger partial charge in [-0.1, -0.05) is 0 Å². The van der Waals surface area contributed by atoms with Gasteiger partial charge in [0.25, 0.3) is 0 Å². The third-order valence-electron chi connectivity index (χ3n) is 3.16. The fraction of sp³-hybridized carbons (Fsp3) is 0.400. The molecule has 0 aliphatic heterocycles. The SMILES string of the molecule is CCOP(=O)(Cc1cc(=O)oc2cc(C)c(O)cc12)OCC. The van der Waals surface area contributed by atoms with Crippen molar-refractivity contribution in [3.8, 4) is 5.75 Å². The van der Waals surface area contributed by atoms with Gasteiger partial charge in [0.05, 0.1) is 19.4 Å². The van der Waals surface area contributed by atoms with E-state index in [1.807, 2.05) is 0 Å². The molecular formula is C15H19O6P. The molecule has 22 heavy (non-hydrogen) atoms. The van der Waals surface area contributed by atoms with E-state index in [0.717, 1.165) is 0 Å². The normalized spacial score (nSPS) is 12.0. The molecule has 6 nitrogen and oxygen atoms in total. The Morgan fingerprint density at radius 3 is 2.41 bits per heavy atom. The number of phenolic OH excluding ortho intramolecular Hbond substituents is 1. The minimum absolute atomic E-state index is 0.0563. The second-order valence-electron chi connectivity index (χ2n) is 4.83. The Morgan fingerprint density at radius 2 is 1.82 bits per heavy atom. The van der Waals surface area contributed by atoms with Crippen LogP contribution in [0.1, 0.15) is 25.0 Å². The summed E-state index contributed by atoms with van der Waals surface area (Å²) in [6.45, 7) is 5.62. The number of fused-ring (bicyclic) bond motifs is 1. The van der Waals surface area contributed by atoms with Gasteiger partial charge in [-0.25, -0.2) is 4.79 Å². The average Bonchev–Trinajstić information content (AvgIpc) is 2.41. The van der Waals surface area contributed by atoms with Gasteiger partial charge in [-0.15, -0.1) is 0 Å². The zero-order valence-electron chi connectivity index (χ0n) is 12.8. The summed E-state index contributed by atoms with van der Waals surface area (Å²) in [5, 5.41) is 10.4. The quantitative estimate of drug-likeness (QED) is 0.645. The van der Waals surface area contributed by atoms with Crippen molar-refractivity contribution in [2.75, 3.05) is 13.2 Å². The number of aromatic hydroxyl groups is 1. The zero-order valence-corrected chi connectivity index (χ0v) is 13.7. The first kappa shape index (κ1) is 16.7. The average molecular weight is 326 g/mol. The molecular weight excluding hydrogens is 307 g/mol. The van der Waals surface area contributed by atoms with Crippen molar-refractivity contribution in [2.45, 2.75) is 26.9 Å². The van der Waals surface area contributed by atoms with Crippen LogP contribution < -0.4 is 5.63 Å². The molecule has 0 aliphatic rings. The predicted molar refractivity (Wildman–Crippen MR) is 83.4 cm³/mol. The van der Waals surface area contributed by atoms with Crippen LogP contribution in [0.4, 0.5) is 0 Å². The van der Waals surface area contributed by atoms with E-state index in [1.54, 1.807) is 26.8 Å². The fourth-order valence-electron chi connectivity index (χ4n) is 2.22. The molecule has 0 unspecified atom stereocenters. The maximum absolute atomic E-state index is 12.6. The van der Waals surface area contributed by atoms with Crippen LogP contribution in [0, 0.1) is 6.92 Å². The van der Waals surface area contributed by atoms with Crippen LogP contribution in [0.3, 0.4) is 0 Å². The van der Waals surface area contributed by atoms with E-state index in [2.05, 4.69) is 0 Å². The van der Waals surface area contributed by atoms with Crippen molar-refractivity contribution in [2.24, 2.45) is 0 Å². The number of phenols is 1. The lowest BCUT2D eigenvalue weighted by molar-refractivity contribution is 0.219. The maximum Gasteiger partial charge on any atom is 0.336 e. The molecule has 1 N–H and O–H groups in total. The van der Waals surface area contributed by atoms with E-state index >= 15 is 0 Å². The fourth-order valence-corrected chi connectivity index (χ4v) is 3.95. The summed E-state index contributed by atoms with van der Waals surface area (Å²) < 4.78 is 28.3. The Hall–Kier alpha value is -1.62. The summed E-state index contributed by atoms with van der Waals surface area (Å²) in [4.78, 5) is 11.7. The highest BCUT2D eigenvalue weighted by Gasteiger charge is 2.26. The Balaban J connectivity index is 2.57. The highest BCUT2D eigenvalue weighted by Crippen LogP contribution is 2.52. The molecule has 120 valence electrons. The Labute approximate surface area is 128 Å². The van der Waals surface area contributed by atoms with Crippen LogP contribution in [0.15, 0.2) is 27.4 Å². The van der Waals surface area contributed by atoms with Gasteiger partial charge in [0.2, 0.25) is 0 Å². The summed E-state index contributed by atoms with van der Waals surface area (Å²) in [7, 11) is -3.35. The minimum atomic E-state index is -3.35. The lowest BCUT2D eigenvalue weighted by Crippen LogP contribution is -2.04. The van der Waals surface area contributed by atoms with Crippen LogP contribution in [-0.4, -0.2) is 18.3 Å². The molecule has 0 fully saturated rings. The van der Waals surface area contributed by atoms with Crippen LogP contribution in [0.5, 0.6) is 5.75 Å². The van der Waals surface area contributed by atoms with Gasteiger partial charge in [-0.3, -0.25) is 4.57 Å². The van der Waals surface area contributed by atoms with Crippen molar-refractivity contribution in [3.05, 3.63) is 39.7 Å². The second-order valence-corrected chi connectivity index (χ2v) is 6.88. The van der Waals surface area contributed by atoms with Crippen molar-refractivity contribution in [1.82, 2.24) is 0 Å². The summed E-state index contributed by atoms with van der Waals surface area (Å²) in [5.41, 5.74) is 0.835. The molecule has 1 heterocycles. The summed E-state index contributed by atoms with van der Waals surface area (Å²) in [6.07, 6.45) is -0.0563. The summed E-state index contributed by atoms with van der Waals surface area (Å²) in [6, 6.07) is 4.31. The third kappa shape index (κ3) is 3.58. The van der Waals surface area contributed by atoms with Crippen molar-refractivity contribution in [3.63, 3.8) is 0 Å². The van der Waals surface area contributed by atoms with Gasteiger partial charge in [-0.2, -0.15) is 0 Å². The number of hydrogen-bond donors (Lipinski definition) is 1. The maximum atomic E-state index is 12.6. The van der Waals surface area contributed by atoms with Gasteiger partial charge in [0, 0.05) is 11.5 Å². The molecule has 7 heteroatoms. The van der Waals surface area contributed by atoms with E-state index < -0.39 is 13.2 Å². The molecule has 1 aromatic carbocycles. The van der Waals surface area contributed by atoms with E-state index in [-0.39, 0.29) is 25.1 Å². The predicted octanol–water partition coefficient (Wildman–Crippen LogP) is 3.57. The Kier molecular flexibility index (Phi) is 5.06. The Bertz CT molecular complexity index is 769. The molecule has 0 bridgehead atoms. The lowest BCUT2D eigenvalue weighted by atomic mass is 10.1. The standard InChI is InChI=1S/C15H19O6P/c1-4-19-22(18,20-5-2)9-11-7-15(17)21-14-6-10(3)13(16)8-12(11)14/h6-8,16H,4-5,9H2,1-3H3. The van der Waals surface area contributed by atoms with E-state index in [0.29, 0.717) is 22.1 Å². The minimum Gasteiger partial charge on any atom is -0.508 e. The highest BCUT2D eigenvalue weighted by atomic mass is 31.2. The molecule has 2 aromatic rings. The van der Waals surface area contributed by atoms with E-state index in [9.17, 15) is 14.5 Å². The van der Waals surface area contributed by atoms with Crippen LogP contribution >= 0.6 is 7.60 Å². The van der Waals surface area contributed by atoms with Crippen molar-refractivity contribution in [1.29, 1.82) is 0 Å². The van der Waals surface area contributed by atoms with E-state index in [1.165, 1.54) is 12.1 Å². The van der Waals surface area contributed by atoms with Gasteiger partial charge < -0.3 is 18.6 Å². The molecule has 0 amide bonds. The zero-order chi connectivity index (χ0) is 16.3. The van der Waals surface area contributed by atoms with Gasteiger partial charge in [0.15, 0.2) is 0 Å². The first-order chi connectivity index (χ1) is 10.4. The monoisotopic (exact) mass is 326 g/mol. The molecule has 0 saturated heterocycles. The van der Waals surface area contributed by atoms with Gasteiger partial charge >= 0.3 is 13.2 Å². The number of aryl methyl sites for hydroxylation is 1. The molecule has 0 atom stereocenters. The van der Waals surface area contributed by atoms with Gasteiger partial charge in [0.1, 0.15) is 11.3 Å². The number of hydrogen-bond acceptors (Lipinski definition) is 6. The second kappa shape index (κ2) is 6.65.